The van der Waals surface area contributed by atoms with Crippen LogP contribution in [0.4, 0.5) is 5.69 Å². The molecule has 0 unspecified atom stereocenters. The number of aryl methyl sites for hydroxylation is 1. The van der Waals surface area contributed by atoms with Gasteiger partial charge in [-0.15, -0.1) is 0 Å². The van der Waals surface area contributed by atoms with Crippen molar-refractivity contribution in [2.75, 3.05) is 5.48 Å². The lowest BCUT2D eigenvalue weighted by atomic mass is 10.1. The van der Waals surface area contributed by atoms with Crippen LogP contribution in [-0.2, 0) is 9.63 Å². The number of hydrogen-bond acceptors (Lipinski definition) is 4. The van der Waals surface area contributed by atoms with Crippen LogP contribution in [-0.4, -0.2) is 5.97 Å². The van der Waals surface area contributed by atoms with Crippen LogP contribution in [0.3, 0.4) is 0 Å². The fourth-order valence-electron chi connectivity index (χ4n) is 2.20. The molecular formula is C14H16N2O2. The van der Waals surface area contributed by atoms with E-state index in [-0.39, 0.29) is 11.9 Å². The molecule has 0 radical (unpaired) electrons. The van der Waals surface area contributed by atoms with E-state index in [1.807, 2.05) is 6.92 Å². The zero-order valence-electron chi connectivity index (χ0n) is 10.4. The van der Waals surface area contributed by atoms with Crippen LogP contribution in [0.25, 0.3) is 0 Å². The van der Waals surface area contributed by atoms with Crippen molar-refractivity contribution in [1.29, 1.82) is 5.26 Å². The summed E-state index contributed by atoms with van der Waals surface area (Å²) >= 11 is 0. The lowest BCUT2D eigenvalue weighted by Crippen LogP contribution is -2.18. The Kier molecular flexibility index (Phi) is 3.83. The fourth-order valence-corrected chi connectivity index (χ4v) is 2.20. The van der Waals surface area contributed by atoms with Gasteiger partial charge in [-0.05, 0) is 43.5 Å². The van der Waals surface area contributed by atoms with Crippen molar-refractivity contribution in [2.24, 2.45) is 5.92 Å². The van der Waals surface area contributed by atoms with E-state index in [0.29, 0.717) is 5.56 Å². The highest BCUT2D eigenvalue weighted by Gasteiger charge is 2.24. The normalized spacial score (nSPS) is 15.1. The maximum absolute atomic E-state index is 11.7. The minimum absolute atomic E-state index is 0.0381. The monoisotopic (exact) mass is 244 g/mol. The number of rotatable bonds is 3. The molecule has 0 saturated heterocycles. The second kappa shape index (κ2) is 5.54. The van der Waals surface area contributed by atoms with Gasteiger partial charge in [0.25, 0.3) is 0 Å². The van der Waals surface area contributed by atoms with Crippen LogP contribution >= 0.6 is 0 Å². The van der Waals surface area contributed by atoms with Crippen molar-refractivity contribution < 1.29 is 9.63 Å². The molecule has 4 heteroatoms. The molecular weight excluding hydrogens is 228 g/mol. The third-order valence-electron chi connectivity index (χ3n) is 3.31. The number of carbonyl (C=O) groups excluding carboxylic acids is 1. The van der Waals surface area contributed by atoms with Gasteiger partial charge in [-0.2, -0.15) is 5.26 Å². The third-order valence-corrected chi connectivity index (χ3v) is 3.31. The molecule has 1 aliphatic rings. The smallest absolute Gasteiger partial charge is 0.335 e. The zero-order chi connectivity index (χ0) is 13.0. The molecule has 1 saturated carbocycles. The highest BCUT2D eigenvalue weighted by molar-refractivity contribution is 5.73. The maximum Gasteiger partial charge on any atom is 0.335 e. The maximum atomic E-state index is 11.7. The minimum atomic E-state index is -0.184. The van der Waals surface area contributed by atoms with Gasteiger partial charge in [0.05, 0.1) is 23.2 Å². The molecule has 94 valence electrons. The van der Waals surface area contributed by atoms with Crippen molar-refractivity contribution in [1.82, 2.24) is 0 Å². The number of hydrogen-bond donors (Lipinski definition) is 1. The van der Waals surface area contributed by atoms with Gasteiger partial charge in [-0.3, -0.25) is 0 Å². The Balaban J connectivity index is 1.94. The SMILES string of the molecule is Cc1cc(C#N)ccc1NOC(=O)C1CCCC1. The largest absolute Gasteiger partial charge is 0.343 e. The number of benzene rings is 1. The van der Waals surface area contributed by atoms with Crippen LogP contribution < -0.4 is 5.48 Å². The van der Waals surface area contributed by atoms with Crippen molar-refractivity contribution in [3.05, 3.63) is 29.3 Å². The molecule has 4 nitrogen and oxygen atoms in total. The molecule has 1 aliphatic carbocycles. The number of nitrogens with zero attached hydrogens (tertiary/aromatic N) is 1. The standard InChI is InChI=1S/C14H16N2O2/c1-10-8-11(9-15)6-7-13(10)16-18-14(17)12-4-2-3-5-12/h6-8,12,16H,2-5H2,1H3. The number of carbonyl (C=O) groups is 1. The van der Waals surface area contributed by atoms with Gasteiger partial charge in [0.2, 0.25) is 0 Å². The molecule has 0 spiro atoms. The first-order chi connectivity index (χ1) is 8.70. The van der Waals surface area contributed by atoms with Crippen LogP contribution in [0.1, 0.15) is 36.8 Å². The third kappa shape index (κ3) is 2.80. The van der Waals surface area contributed by atoms with E-state index >= 15 is 0 Å². The van der Waals surface area contributed by atoms with E-state index in [1.165, 1.54) is 0 Å². The fraction of sp³-hybridized carbons (Fsp3) is 0.429. The van der Waals surface area contributed by atoms with Gasteiger partial charge in [0.1, 0.15) is 0 Å². The lowest BCUT2D eigenvalue weighted by molar-refractivity contribution is -0.145. The molecule has 1 aromatic carbocycles. The van der Waals surface area contributed by atoms with Gasteiger partial charge in [0.15, 0.2) is 0 Å². The van der Waals surface area contributed by atoms with Crippen molar-refractivity contribution >= 4 is 11.7 Å². The minimum Gasteiger partial charge on any atom is -0.343 e. The quantitative estimate of drug-likeness (QED) is 0.830. The average Bonchev–Trinajstić information content (AvgIpc) is 2.90. The lowest BCUT2D eigenvalue weighted by Gasteiger charge is -2.12. The summed E-state index contributed by atoms with van der Waals surface area (Å²) in [7, 11) is 0. The highest BCUT2D eigenvalue weighted by atomic mass is 16.7. The molecule has 2 rings (SSSR count). The Labute approximate surface area is 107 Å². The first-order valence-electron chi connectivity index (χ1n) is 6.18. The molecule has 1 fully saturated rings. The Morgan fingerprint density at radius 3 is 2.78 bits per heavy atom. The summed E-state index contributed by atoms with van der Waals surface area (Å²) in [4.78, 5) is 16.8. The van der Waals surface area contributed by atoms with Crippen molar-refractivity contribution in [2.45, 2.75) is 32.6 Å². The first kappa shape index (κ1) is 12.4. The summed E-state index contributed by atoms with van der Waals surface area (Å²) < 4.78 is 0. The average molecular weight is 244 g/mol. The summed E-state index contributed by atoms with van der Waals surface area (Å²) in [5.41, 5.74) is 4.88. The van der Waals surface area contributed by atoms with Crippen LogP contribution in [0, 0.1) is 24.2 Å². The Morgan fingerprint density at radius 2 is 2.17 bits per heavy atom. The Bertz CT molecular complexity index is 485. The van der Waals surface area contributed by atoms with Gasteiger partial charge in [0, 0.05) is 0 Å². The highest BCUT2D eigenvalue weighted by Crippen LogP contribution is 2.26. The molecule has 1 aromatic rings. The summed E-state index contributed by atoms with van der Waals surface area (Å²) in [5, 5.41) is 8.76. The molecule has 0 aliphatic heterocycles. The van der Waals surface area contributed by atoms with Gasteiger partial charge < -0.3 is 4.84 Å². The zero-order valence-corrected chi connectivity index (χ0v) is 10.4. The molecule has 18 heavy (non-hydrogen) atoms. The summed E-state index contributed by atoms with van der Waals surface area (Å²) in [6.45, 7) is 1.87. The van der Waals surface area contributed by atoms with Gasteiger partial charge in [-0.25, -0.2) is 10.3 Å². The predicted octanol–water partition coefficient (Wildman–Crippen LogP) is 2.93. The predicted molar refractivity (Wildman–Crippen MR) is 67.6 cm³/mol. The first-order valence-corrected chi connectivity index (χ1v) is 6.18. The van der Waals surface area contributed by atoms with E-state index in [9.17, 15) is 4.79 Å². The molecule has 0 bridgehead atoms. The summed E-state index contributed by atoms with van der Waals surface area (Å²) in [6.07, 6.45) is 4.06. The Hall–Kier alpha value is -2.02. The van der Waals surface area contributed by atoms with E-state index in [2.05, 4.69) is 11.5 Å². The number of nitrogens with one attached hydrogen (secondary N) is 1. The van der Waals surface area contributed by atoms with E-state index in [4.69, 9.17) is 10.1 Å². The number of nitriles is 1. The summed E-state index contributed by atoms with van der Waals surface area (Å²) in [5.74, 6) is -0.146. The van der Waals surface area contributed by atoms with E-state index in [1.54, 1.807) is 18.2 Å². The molecule has 0 aromatic heterocycles. The van der Waals surface area contributed by atoms with Crippen LogP contribution in [0.15, 0.2) is 18.2 Å². The van der Waals surface area contributed by atoms with E-state index < -0.39 is 0 Å². The Morgan fingerprint density at radius 1 is 1.44 bits per heavy atom. The summed E-state index contributed by atoms with van der Waals surface area (Å²) in [6, 6.07) is 7.26. The molecule has 1 N–H and O–H groups in total. The second-order valence-corrected chi connectivity index (χ2v) is 4.65. The molecule has 0 amide bonds. The molecule has 0 atom stereocenters. The van der Waals surface area contributed by atoms with Gasteiger partial charge in [-0.1, -0.05) is 12.8 Å². The van der Waals surface area contributed by atoms with Crippen molar-refractivity contribution in [3.63, 3.8) is 0 Å². The molecule has 0 heterocycles. The van der Waals surface area contributed by atoms with Crippen LogP contribution in [0.2, 0.25) is 0 Å². The van der Waals surface area contributed by atoms with Crippen molar-refractivity contribution in [3.8, 4) is 6.07 Å². The van der Waals surface area contributed by atoms with Gasteiger partial charge >= 0.3 is 5.97 Å². The topological polar surface area (TPSA) is 62.1 Å². The number of anilines is 1. The second-order valence-electron chi connectivity index (χ2n) is 4.65. The van der Waals surface area contributed by atoms with Crippen LogP contribution in [0.5, 0.6) is 0 Å². The van der Waals surface area contributed by atoms with E-state index in [0.717, 1.165) is 36.9 Å².